The molecule has 0 saturated heterocycles. The molecule has 0 fully saturated rings. The molecule has 0 amide bonds. The first kappa shape index (κ1) is 15.0. The highest BCUT2D eigenvalue weighted by Gasteiger charge is 2.08. The van der Waals surface area contributed by atoms with Gasteiger partial charge in [0.25, 0.3) is 5.56 Å². The number of aromatic amines is 1. The second-order valence-corrected chi connectivity index (χ2v) is 4.52. The lowest BCUT2D eigenvalue weighted by molar-refractivity contribution is 0.125. The van der Waals surface area contributed by atoms with Gasteiger partial charge < -0.3 is 4.74 Å². The summed E-state index contributed by atoms with van der Waals surface area (Å²) >= 11 is 5.72. The van der Waals surface area contributed by atoms with Crippen molar-refractivity contribution in [2.75, 3.05) is 13.2 Å². The van der Waals surface area contributed by atoms with Gasteiger partial charge >= 0.3 is 5.69 Å². The highest BCUT2D eigenvalue weighted by atomic mass is 35.5. The molecule has 6 heteroatoms. The van der Waals surface area contributed by atoms with E-state index in [0.29, 0.717) is 25.1 Å². The van der Waals surface area contributed by atoms with Crippen molar-refractivity contribution in [3.8, 4) is 0 Å². The number of rotatable bonds is 7. The van der Waals surface area contributed by atoms with Crippen molar-refractivity contribution in [3.63, 3.8) is 0 Å². The van der Waals surface area contributed by atoms with Gasteiger partial charge in [0.2, 0.25) is 0 Å². The minimum atomic E-state index is -0.468. The Morgan fingerprint density at radius 2 is 1.94 bits per heavy atom. The molecule has 1 N–H and O–H groups in total. The van der Waals surface area contributed by atoms with Crippen LogP contribution in [0.4, 0.5) is 0 Å². The molecule has 102 valence electrons. The summed E-state index contributed by atoms with van der Waals surface area (Å²) in [6.07, 6.45) is 2.75. The molecule has 0 bridgehead atoms. The first-order chi connectivity index (χ1) is 8.57. The third kappa shape index (κ3) is 3.99. The lowest BCUT2D eigenvalue weighted by Gasteiger charge is -2.07. The van der Waals surface area contributed by atoms with Crippen molar-refractivity contribution >= 4 is 11.6 Å². The molecule has 1 rings (SSSR count). The normalized spacial score (nSPS) is 10.8. The van der Waals surface area contributed by atoms with Crippen molar-refractivity contribution in [1.29, 1.82) is 0 Å². The third-order valence-electron chi connectivity index (χ3n) is 2.67. The molecule has 0 radical (unpaired) electrons. The molecule has 0 spiro atoms. The van der Waals surface area contributed by atoms with Crippen molar-refractivity contribution in [2.24, 2.45) is 0 Å². The number of nitrogens with one attached hydrogen (secondary N) is 1. The van der Waals surface area contributed by atoms with Gasteiger partial charge in [-0.2, -0.15) is 0 Å². The number of nitrogens with zero attached hydrogens (tertiary/aromatic N) is 1. The molecule has 1 aromatic heterocycles. The number of aromatic nitrogens is 2. The average molecular weight is 275 g/mol. The summed E-state index contributed by atoms with van der Waals surface area (Å²) in [5.41, 5.74) is -0.440. The smallest absolute Gasteiger partial charge is 0.329 e. The Morgan fingerprint density at radius 1 is 1.28 bits per heavy atom. The summed E-state index contributed by atoms with van der Waals surface area (Å²) in [4.78, 5) is 25.8. The van der Waals surface area contributed by atoms with E-state index in [2.05, 4.69) is 11.9 Å². The molecule has 0 aliphatic carbocycles. The zero-order chi connectivity index (χ0) is 13.5. The Bertz CT molecular complexity index is 493. The Morgan fingerprint density at radius 3 is 2.61 bits per heavy atom. The Labute approximate surface area is 111 Å². The summed E-state index contributed by atoms with van der Waals surface area (Å²) in [7, 11) is 0. The maximum atomic E-state index is 11.8. The second-order valence-electron chi connectivity index (χ2n) is 4.15. The fourth-order valence-corrected chi connectivity index (χ4v) is 1.68. The molecule has 0 aromatic carbocycles. The molecular weight excluding hydrogens is 256 g/mol. The van der Waals surface area contributed by atoms with Crippen LogP contribution in [0, 0.1) is 6.92 Å². The fourth-order valence-electron chi connectivity index (χ4n) is 1.52. The number of halogens is 1. The van der Waals surface area contributed by atoms with Gasteiger partial charge in [-0.25, -0.2) is 4.79 Å². The van der Waals surface area contributed by atoms with Gasteiger partial charge in [-0.3, -0.25) is 14.3 Å². The van der Waals surface area contributed by atoms with E-state index < -0.39 is 5.69 Å². The van der Waals surface area contributed by atoms with Crippen LogP contribution >= 0.6 is 11.6 Å². The lowest BCUT2D eigenvalue weighted by atomic mass is 10.3. The SMILES string of the molecule is CCCCOCCCn1c(=O)[nH]c(Cl)c(C)c1=O. The molecule has 18 heavy (non-hydrogen) atoms. The number of unbranched alkanes of at least 4 members (excludes halogenated alkanes) is 1. The Hall–Kier alpha value is -1.07. The molecule has 1 heterocycles. The molecule has 0 atom stereocenters. The van der Waals surface area contributed by atoms with E-state index in [4.69, 9.17) is 16.3 Å². The van der Waals surface area contributed by atoms with Crippen LogP contribution < -0.4 is 11.2 Å². The van der Waals surface area contributed by atoms with Crippen LogP contribution in [-0.4, -0.2) is 22.8 Å². The van der Waals surface area contributed by atoms with Gasteiger partial charge in [-0.1, -0.05) is 24.9 Å². The minimum absolute atomic E-state index is 0.112. The van der Waals surface area contributed by atoms with E-state index in [-0.39, 0.29) is 10.7 Å². The number of hydrogen-bond donors (Lipinski definition) is 1. The predicted molar refractivity (Wildman–Crippen MR) is 71.4 cm³/mol. The second kappa shape index (κ2) is 7.38. The summed E-state index contributed by atoms with van der Waals surface area (Å²) in [6, 6.07) is 0. The van der Waals surface area contributed by atoms with Crippen molar-refractivity contribution < 1.29 is 4.74 Å². The predicted octanol–water partition coefficient (Wildman–Crippen LogP) is 1.71. The monoisotopic (exact) mass is 274 g/mol. The van der Waals surface area contributed by atoms with Crippen LogP contribution in [0.5, 0.6) is 0 Å². The van der Waals surface area contributed by atoms with Gasteiger partial charge in [-0.15, -0.1) is 0 Å². The van der Waals surface area contributed by atoms with E-state index in [9.17, 15) is 9.59 Å². The zero-order valence-electron chi connectivity index (χ0n) is 10.8. The topological polar surface area (TPSA) is 64.1 Å². The standard InChI is InChI=1S/C12H19ClN2O3/c1-3-4-7-18-8-5-6-15-11(16)9(2)10(13)14-12(15)17/h3-8H2,1-2H3,(H,14,17). The van der Waals surface area contributed by atoms with Crippen LogP contribution in [0.15, 0.2) is 9.59 Å². The summed E-state index contributed by atoms with van der Waals surface area (Å²) in [5, 5.41) is 0.112. The van der Waals surface area contributed by atoms with E-state index in [0.717, 1.165) is 24.0 Å². The highest BCUT2D eigenvalue weighted by Crippen LogP contribution is 2.02. The lowest BCUT2D eigenvalue weighted by Crippen LogP contribution is -2.36. The molecule has 0 aliphatic rings. The summed E-state index contributed by atoms with van der Waals surface area (Å²) in [5.74, 6) is 0. The fraction of sp³-hybridized carbons (Fsp3) is 0.667. The van der Waals surface area contributed by atoms with Crippen LogP contribution in [0.3, 0.4) is 0 Å². The van der Waals surface area contributed by atoms with Gasteiger partial charge in [0, 0.05) is 25.3 Å². The van der Waals surface area contributed by atoms with Gasteiger partial charge in [0.15, 0.2) is 0 Å². The van der Waals surface area contributed by atoms with Crippen molar-refractivity contribution in [2.45, 2.75) is 39.7 Å². The molecule has 0 saturated carbocycles. The van der Waals surface area contributed by atoms with E-state index >= 15 is 0 Å². The van der Waals surface area contributed by atoms with E-state index in [1.54, 1.807) is 6.92 Å². The zero-order valence-corrected chi connectivity index (χ0v) is 11.5. The largest absolute Gasteiger partial charge is 0.381 e. The quantitative estimate of drug-likeness (QED) is 0.608. The Kier molecular flexibility index (Phi) is 6.15. The summed E-state index contributed by atoms with van der Waals surface area (Å²) in [6.45, 7) is 5.31. The Balaban J connectivity index is 2.56. The summed E-state index contributed by atoms with van der Waals surface area (Å²) < 4.78 is 6.53. The highest BCUT2D eigenvalue weighted by molar-refractivity contribution is 6.30. The van der Waals surface area contributed by atoms with Crippen LogP contribution in [0.1, 0.15) is 31.7 Å². The van der Waals surface area contributed by atoms with Gasteiger partial charge in [0.05, 0.1) is 0 Å². The van der Waals surface area contributed by atoms with Crippen molar-refractivity contribution in [3.05, 3.63) is 31.6 Å². The van der Waals surface area contributed by atoms with Gasteiger partial charge in [-0.05, 0) is 19.8 Å². The van der Waals surface area contributed by atoms with E-state index in [1.165, 1.54) is 0 Å². The number of H-pyrrole nitrogens is 1. The maximum absolute atomic E-state index is 11.8. The molecule has 0 aliphatic heterocycles. The number of hydrogen-bond acceptors (Lipinski definition) is 3. The first-order valence-corrected chi connectivity index (χ1v) is 6.52. The minimum Gasteiger partial charge on any atom is -0.381 e. The molecular formula is C12H19ClN2O3. The van der Waals surface area contributed by atoms with Gasteiger partial charge in [0.1, 0.15) is 5.15 Å². The average Bonchev–Trinajstić information content (AvgIpc) is 2.34. The molecule has 5 nitrogen and oxygen atoms in total. The van der Waals surface area contributed by atoms with Crippen molar-refractivity contribution in [1.82, 2.24) is 9.55 Å². The van der Waals surface area contributed by atoms with Crippen LogP contribution in [0.2, 0.25) is 5.15 Å². The third-order valence-corrected chi connectivity index (χ3v) is 3.05. The molecule has 0 unspecified atom stereocenters. The van der Waals surface area contributed by atoms with E-state index in [1.807, 2.05) is 0 Å². The van der Waals surface area contributed by atoms with Crippen LogP contribution in [-0.2, 0) is 11.3 Å². The molecule has 1 aromatic rings. The first-order valence-electron chi connectivity index (χ1n) is 6.15. The van der Waals surface area contributed by atoms with Crippen LogP contribution in [0.25, 0.3) is 0 Å². The maximum Gasteiger partial charge on any atom is 0.329 e. The number of ether oxygens (including phenoxy) is 1.